The van der Waals surface area contributed by atoms with Gasteiger partial charge in [-0.15, -0.1) is 0 Å². The van der Waals surface area contributed by atoms with Crippen LogP contribution in [0, 0.1) is 6.92 Å². The number of hydrogen-bond acceptors (Lipinski definition) is 2. The standard InChI is InChI=1S/C18H17NO2/c1-3-21-13-8-9-17-15(10-13)16(11-19-17)18(20)14-7-5-4-6-12(14)2/h4-11,19H,3H2,1-2H3. The lowest BCUT2D eigenvalue weighted by molar-refractivity contribution is 0.104. The molecule has 0 aliphatic rings. The van der Waals surface area contributed by atoms with Crippen LogP contribution in [0.25, 0.3) is 10.9 Å². The molecule has 3 heteroatoms. The quantitative estimate of drug-likeness (QED) is 0.730. The molecule has 1 aromatic heterocycles. The third-order valence-corrected chi connectivity index (χ3v) is 3.60. The molecule has 3 nitrogen and oxygen atoms in total. The van der Waals surface area contributed by atoms with Crippen LogP contribution in [-0.4, -0.2) is 17.4 Å². The average molecular weight is 279 g/mol. The lowest BCUT2D eigenvalue weighted by Crippen LogP contribution is -2.02. The summed E-state index contributed by atoms with van der Waals surface area (Å²) in [5, 5.41) is 0.897. The Balaban J connectivity index is 2.10. The number of carbonyl (C=O) groups excluding carboxylic acids is 1. The van der Waals surface area contributed by atoms with Crippen molar-refractivity contribution in [3.8, 4) is 5.75 Å². The van der Waals surface area contributed by atoms with E-state index in [9.17, 15) is 4.79 Å². The van der Waals surface area contributed by atoms with Crippen LogP contribution in [0.4, 0.5) is 0 Å². The van der Waals surface area contributed by atoms with Gasteiger partial charge < -0.3 is 9.72 Å². The van der Waals surface area contributed by atoms with Crippen LogP contribution in [0.5, 0.6) is 5.75 Å². The zero-order valence-electron chi connectivity index (χ0n) is 12.1. The zero-order valence-corrected chi connectivity index (χ0v) is 12.1. The second kappa shape index (κ2) is 5.44. The lowest BCUT2D eigenvalue weighted by Gasteiger charge is -2.05. The number of ether oxygens (including phenoxy) is 1. The van der Waals surface area contributed by atoms with E-state index in [0.29, 0.717) is 12.2 Å². The predicted molar refractivity (Wildman–Crippen MR) is 84.1 cm³/mol. The Bertz CT molecular complexity index is 802. The number of nitrogens with one attached hydrogen (secondary N) is 1. The molecule has 0 aliphatic heterocycles. The van der Waals surface area contributed by atoms with E-state index in [-0.39, 0.29) is 5.78 Å². The monoisotopic (exact) mass is 279 g/mol. The molecular formula is C18H17NO2. The SMILES string of the molecule is CCOc1ccc2[nH]cc(C(=O)c3ccccc3C)c2c1. The van der Waals surface area contributed by atoms with Gasteiger partial charge in [-0.2, -0.15) is 0 Å². The van der Waals surface area contributed by atoms with E-state index in [1.54, 1.807) is 6.20 Å². The molecular weight excluding hydrogens is 262 g/mol. The maximum Gasteiger partial charge on any atom is 0.195 e. The summed E-state index contributed by atoms with van der Waals surface area (Å²) < 4.78 is 5.52. The number of hydrogen-bond donors (Lipinski definition) is 1. The number of H-pyrrole nitrogens is 1. The minimum Gasteiger partial charge on any atom is -0.494 e. The van der Waals surface area contributed by atoms with Gasteiger partial charge in [-0.3, -0.25) is 4.79 Å². The molecule has 106 valence electrons. The fraction of sp³-hybridized carbons (Fsp3) is 0.167. The van der Waals surface area contributed by atoms with Crippen molar-refractivity contribution >= 4 is 16.7 Å². The molecule has 1 N–H and O–H groups in total. The minimum atomic E-state index is 0.0352. The van der Waals surface area contributed by atoms with Crippen molar-refractivity contribution in [3.63, 3.8) is 0 Å². The van der Waals surface area contributed by atoms with Gasteiger partial charge in [0.15, 0.2) is 5.78 Å². The van der Waals surface area contributed by atoms with Gasteiger partial charge in [-0.25, -0.2) is 0 Å². The summed E-state index contributed by atoms with van der Waals surface area (Å²) in [5.74, 6) is 0.816. The molecule has 0 saturated carbocycles. The molecule has 3 rings (SSSR count). The van der Waals surface area contributed by atoms with Crippen LogP contribution in [0.15, 0.2) is 48.7 Å². The molecule has 0 aliphatic carbocycles. The van der Waals surface area contributed by atoms with Crippen molar-refractivity contribution < 1.29 is 9.53 Å². The van der Waals surface area contributed by atoms with E-state index in [1.807, 2.05) is 56.3 Å². The molecule has 21 heavy (non-hydrogen) atoms. The van der Waals surface area contributed by atoms with Crippen LogP contribution in [0.3, 0.4) is 0 Å². The Labute approximate surface area is 123 Å². The Kier molecular flexibility index (Phi) is 3.48. The van der Waals surface area contributed by atoms with Gasteiger partial charge in [0.2, 0.25) is 0 Å². The largest absolute Gasteiger partial charge is 0.494 e. The van der Waals surface area contributed by atoms with Crippen molar-refractivity contribution in [2.75, 3.05) is 6.61 Å². The highest BCUT2D eigenvalue weighted by Crippen LogP contribution is 2.26. The molecule has 0 bridgehead atoms. The second-order valence-electron chi connectivity index (χ2n) is 4.99. The van der Waals surface area contributed by atoms with E-state index < -0.39 is 0 Å². The van der Waals surface area contributed by atoms with Crippen LogP contribution in [0.1, 0.15) is 28.4 Å². The molecule has 1 heterocycles. The molecule has 2 aromatic carbocycles. The number of benzene rings is 2. The van der Waals surface area contributed by atoms with Crippen molar-refractivity contribution in [1.82, 2.24) is 4.98 Å². The summed E-state index contributed by atoms with van der Waals surface area (Å²) in [7, 11) is 0. The summed E-state index contributed by atoms with van der Waals surface area (Å²) >= 11 is 0. The normalized spacial score (nSPS) is 10.8. The molecule has 0 unspecified atom stereocenters. The molecule has 0 fully saturated rings. The van der Waals surface area contributed by atoms with Crippen molar-refractivity contribution in [2.45, 2.75) is 13.8 Å². The summed E-state index contributed by atoms with van der Waals surface area (Å²) in [6.45, 7) is 4.51. The summed E-state index contributed by atoms with van der Waals surface area (Å²) in [6, 6.07) is 13.4. The number of aromatic amines is 1. The number of aryl methyl sites for hydroxylation is 1. The maximum absolute atomic E-state index is 12.8. The zero-order chi connectivity index (χ0) is 14.8. The van der Waals surface area contributed by atoms with E-state index in [1.165, 1.54) is 0 Å². The fourth-order valence-electron chi connectivity index (χ4n) is 2.52. The minimum absolute atomic E-state index is 0.0352. The van der Waals surface area contributed by atoms with Crippen LogP contribution >= 0.6 is 0 Å². The topological polar surface area (TPSA) is 42.1 Å². The average Bonchev–Trinajstić information content (AvgIpc) is 2.90. The summed E-state index contributed by atoms with van der Waals surface area (Å²) in [5.41, 5.74) is 3.34. The first-order valence-electron chi connectivity index (χ1n) is 7.05. The Morgan fingerprint density at radius 2 is 1.95 bits per heavy atom. The highest BCUT2D eigenvalue weighted by atomic mass is 16.5. The first kappa shape index (κ1) is 13.4. The fourth-order valence-corrected chi connectivity index (χ4v) is 2.52. The van der Waals surface area contributed by atoms with Gasteiger partial charge in [0.1, 0.15) is 5.75 Å². The second-order valence-corrected chi connectivity index (χ2v) is 4.99. The van der Waals surface area contributed by atoms with Gasteiger partial charge in [-0.1, -0.05) is 24.3 Å². The van der Waals surface area contributed by atoms with E-state index in [0.717, 1.165) is 27.8 Å². The molecule has 3 aromatic rings. The van der Waals surface area contributed by atoms with Crippen molar-refractivity contribution in [3.05, 3.63) is 65.4 Å². The number of carbonyl (C=O) groups is 1. The van der Waals surface area contributed by atoms with Gasteiger partial charge in [-0.05, 0) is 37.6 Å². The van der Waals surface area contributed by atoms with Gasteiger partial charge >= 0.3 is 0 Å². The molecule has 0 spiro atoms. The van der Waals surface area contributed by atoms with E-state index >= 15 is 0 Å². The number of ketones is 1. The van der Waals surface area contributed by atoms with E-state index in [4.69, 9.17) is 4.74 Å². The third kappa shape index (κ3) is 2.42. The molecule has 0 atom stereocenters. The number of fused-ring (bicyclic) bond motifs is 1. The smallest absolute Gasteiger partial charge is 0.195 e. The first-order chi connectivity index (χ1) is 10.2. The third-order valence-electron chi connectivity index (χ3n) is 3.60. The lowest BCUT2D eigenvalue weighted by atomic mass is 9.99. The van der Waals surface area contributed by atoms with E-state index in [2.05, 4.69) is 4.98 Å². The van der Waals surface area contributed by atoms with Crippen LogP contribution in [-0.2, 0) is 0 Å². The maximum atomic E-state index is 12.8. The summed E-state index contributed by atoms with van der Waals surface area (Å²) in [4.78, 5) is 15.9. The predicted octanol–water partition coefficient (Wildman–Crippen LogP) is 4.11. The molecule has 0 amide bonds. The van der Waals surface area contributed by atoms with Gasteiger partial charge in [0.25, 0.3) is 0 Å². The van der Waals surface area contributed by atoms with Crippen LogP contribution < -0.4 is 4.74 Å². The Morgan fingerprint density at radius 1 is 1.14 bits per heavy atom. The Hall–Kier alpha value is -2.55. The van der Waals surface area contributed by atoms with Gasteiger partial charge in [0, 0.05) is 28.2 Å². The van der Waals surface area contributed by atoms with Crippen LogP contribution in [0.2, 0.25) is 0 Å². The number of rotatable bonds is 4. The first-order valence-corrected chi connectivity index (χ1v) is 7.05. The number of aromatic nitrogens is 1. The van der Waals surface area contributed by atoms with Crippen molar-refractivity contribution in [1.29, 1.82) is 0 Å². The Morgan fingerprint density at radius 3 is 2.71 bits per heavy atom. The van der Waals surface area contributed by atoms with Crippen molar-refractivity contribution in [2.24, 2.45) is 0 Å². The molecule has 0 saturated heterocycles. The van der Waals surface area contributed by atoms with Gasteiger partial charge in [0.05, 0.1) is 6.61 Å². The highest BCUT2D eigenvalue weighted by Gasteiger charge is 2.16. The molecule has 0 radical (unpaired) electrons. The highest BCUT2D eigenvalue weighted by molar-refractivity contribution is 6.17. The summed E-state index contributed by atoms with van der Waals surface area (Å²) in [6.07, 6.45) is 1.77.